The van der Waals surface area contributed by atoms with Gasteiger partial charge in [-0.25, -0.2) is 0 Å². The summed E-state index contributed by atoms with van der Waals surface area (Å²) in [5.74, 6) is -0.541. The third-order valence-corrected chi connectivity index (χ3v) is 7.01. The molecule has 208 valence electrons. The lowest BCUT2D eigenvalue weighted by atomic mass is 10.1. The smallest absolute Gasteiger partial charge is 0.272 e. The van der Waals surface area contributed by atoms with Crippen LogP contribution in [0.1, 0.15) is 15.9 Å². The molecule has 0 spiro atoms. The normalized spacial score (nSPS) is 11.0. The molecule has 0 aliphatic rings. The Morgan fingerprint density at radius 2 is 1.51 bits per heavy atom. The quantitative estimate of drug-likeness (QED) is 0.132. The molecular weight excluding hydrogens is 581 g/mol. The first-order valence-corrected chi connectivity index (χ1v) is 14.1. The highest BCUT2D eigenvalue weighted by atomic mass is 35.5. The molecule has 0 atom stereocenters. The van der Waals surface area contributed by atoms with Gasteiger partial charge in [0.1, 0.15) is 11.4 Å². The second kappa shape index (κ2) is 14.4. The standard InChI is InChI=1S/C31H25Cl2N3O4S/c1-40-28-13-6-5-10-21(28)14-27(36-30(38)20-8-3-2-4-9-20)31(39)35-24-11-7-12-26(18-24)41-19-29(37)34-25-16-22(32)15-23(33)17-25/h2-18H,19H2,1H3,(H,34,37)(H,35,39)(H,36,38)/b27-14+. The first-order valence-electron chi connectivity index (χ1n) is 12.3. The first kappa shape index (κ1) is 29.7. The van der Waals surface area contributed by atoms with E-state index in [2.05, 4.69) is 16.0 Å². The fourth-order valence-electron chi connectivity index (χ4n) is 3.72. The highest BCUT2D eigenvalue weighted by Crippen LogP contribution is 2.25. The molecule has 0 heterocycles. The van der Waals surface area contributed by atoms with Crippen LogP contribution in [0.5, 0.6) is 5.75 Å². The van der Waals surface area contributed by atoms with E-state index in [4.69, 9.17) is 27.9 Å². The molecular formula is C31H25Cl2N3O4S. The van der Waals surface area contributed by atoms with Crippen molar-refractivity contribution in [3.63, 3.8) is 0 Å². The van der Waals surface area contributed by atoms with E-state index >= 15 is 0 Å². The highest BCUT2D eigenvalue weighted by Gasteiger charge is 2.16. The van der Waals surface area contributed by atoms with E-state index in [-0.39, 0.29) is 17.4 Å². The Balaban J connectivity index is 1.47. The number of carbonyl (C=O) groups is 3. The molecule has 4 rings (SSSR count). The van der Waals surface area contributed by atoms with Crippen molar-refractivity contribution >= 4 is 70.1 Å². The summed E-state index contributed by atoms with van der Waals surface area (Å²) in [4.78, 5) is 39.5. The minimum atomic E-state index is -0.530. The Morgan fingerprint density at radius 1 is 0.805 bits per heavy atom. The van der Waals surface area contributed by atoms with Gasteiger partial charge in [-0.1, -0.05) is 65.7 Å². The molecule has 0 aliphatic heterocycles. The summed E-state index contributed by atoms with van der Waals surface area (Å²) in [5, 5.41) is 9.15. The van der Waals surface area contributed by atoms with E-state index in [0.29, 0.717) is 38.3 Å². The molecule has 0 saturated carbocycles. The molecule has 4 aromatic rings. The van der Waals surface area contributed by atoms with Crippen molar-refractivity contribution in [2.24, 2.45) is 0 Å². The number of anilines is 2. The monoisotopic (exact) mass is 605 g/mol. The third-order valence-electron chi connectivity index (χ3n) is 5.58. The number of carbonyl (C=O) groups excluding carboxylic acids is 3. The van der Waals surface area contributed by atoms with Gasteiger partial charge in [-0.15, -0.1) is 11.8 Å². The predicted octanol–water partition coefficient (Wildman–Crippen LogP) is 7.14. The van der Waals surface area contributed by atoms with Gasteiger partial charge in [-0.3, -0.25) is 14.4 Å². The van der Waals surface area contributed by atoms with Gasteiger partial charge in [0.2, 0.25) is 5.91 Å². The summed E-state index contributed by atoms with van der Waals surface area (Å²) in [6.45, 7) is 0. The predicted molar refractivity (Wildman–Crippen MR) is 166 cm³/mol. The average Bonchev–Trinajstić information content (AvgIpc) is 2.96. The van der Waals surface area contributed by atoms with Crippen LogP contribution in [0.3, 0.4) is 0 Å². The van der Waals surface area contributed by atoms with Crippen LogP contribution in [-0.4, -0.2) is 30.6 Å². The summed E-state index contributed by atoms with van der Waals surface area (Å²) >= 11 is 13.3. The van der Waals surface area contributed by atoms with E-state index in [1.54, 1.807) is 91.0 Å². The van der Waals surface area contributed by atoms with E-state index in [1.165, 1.54) is 18.9 Å². The molecule has 0 radical (unpaired) electrons. The Bertz CT molecular complexity index is 1580. The van der Waals surface area contributed by atoms with Gasteiger partial charge < -0.3 is 20.7 Å². The number of para-hydroxylation sites is 1. The molecule has 10 heteroatoms. The van der Waals surface area contributed by atoms with Crippen molar-refractivity contribution in [1.29, 1.82) is 0 Å². The van der Waals surface area contributed by atoms with Gasteiger partial charge in [0.05, 0.1) is 12.9 Å². The van der Waals surface area contributed by atoms with Crippen LogP contribution in [0.2, 0.25) is 10.0 Å². The van der Waals surface area contributed by atoms with Gasteiger partial charge in [0, 0.05) is 37.4 Å². The average molecular weight is 607 g/mol. The first-order chi connectivity index (χ1) is 19.8. The van der Waals surface area contributed by atoms with Gasteiger partial charge >= 0.3 is 0 Å². The molecule has 7 nitrogen and oxygen atoms in total. The van der Waals surface area contributed by atoms with Crippen LogP contribution < -0.4 is 20.7 Å². The Labute approximate surface area is 251 Å². The summed E-state index contributed by atoms with van der Waals surface area (Å²) in [5.41, 5.74) is 2.04. The Hall–Kier alpha value is -4.24. The largest absolute Gasteiger partial charge is 0.496 e. The fraction of sp³-hybridized carbons (Fsp3) is 0.0645. The van der Waals surface area contributed by atoms with Crippen LogP contribution in [-0.2, 0) is 9.59 Å². The van der Waals surface area contributed by atoms with Crippen molar-refractivity contribution < 1.29 is 19.1 Å². The van der Waals surface area contributed by atoms with Gasteiger partial charge in [0.25, 0.3) is 11.8 Å². The van der Waals surface area contributed by atoms with Crippen molar-refractivity contribution in [3.05, 3.63) is 124 Å². The van der Waals surface area contributed by atoms with E-state index < -0.39 is 11.8 Å². The molecule has 0 saturated heterocycles. The zero-order valence-electron chi connectivity index (χ0n) is 21.8. The fourth-order valence-corrected chi connectivity index (χ4v) is 5.00. The molecule has 4 aromatic carbocycles. The number of amides is 3. The van der Waals surface area contributed by atoms with Crippen LogP contribution in [0, 0.1) is 0 Å². The van der Waals surface area contributed by atoms with E-state index in [1.807, 2.05) is 12.1 Å². The van der Waals surface area contributed by atoms with Gasteiger partial charge in [-0.05, 0) is 60.7 Å². The maximum absolute atomic E-state index is 13.4. The number of thioether (sulfide) groups is 1. The molecule has 3 N–H and O–H groups in total. The van der Waals surface area contributed by atoms with Crippen LogP contribution in [0.25, 0.3) is 6.08 Å². The number of benzene rings is 4. The van der Waals surface area contributed by atoms with Crippen molar-refractivity contribution in [3.8, 4) is 5.75 Å². The molecule has 0 aliphatic carbocycles. The lowest BCUT2D eigenvalue weighted by molar-refractivity contribution is -0.114. The second-order valence-corrected chi connectivity index (χ2v) is 10.5. The van der Waals surface area contributed by atoms with E-state index in [0.717, 1.165) is 4.90 Å². The Morgan fingerprint density at radius 3 is 2.24 bits per heavy atom. The summed E-state index contributed by atoms with van der Waals surface area (Å²) in [6.07, 6.45) is 1.56. The number of rotatable bonds is 10. The maximum atomic E-state index is 13.4. The molecule has 0 bridgehead atoms. The molecule has 3 amide bonds. The van der Waals surface area contributed by atoms with Crippen molar-refractivity contribution in [2.75, 3.05) is 23.5 Å². The number of ether oxygens (including phenoxy) is 1. The van der Waals surface area contributed by atoms with Crippen molar-refractivity contribution in [2.45, 2.75) is 4.90 Å². The number of methoxy groups -OCH3 is 1. The van der Waals surface area contributed by atoms with Crippen LogP contribution >= 0.6 is 35.0 Å². The molecule has 0 unspecified atom stereocenters. The summed E-state index contributed by atoms with van der Waals surface area (Å²) < 4.78 is 5.41. The van der Waals surface area contributed by atoms with Gasteiger partial charge in [-0.2, -0.15) is 0 Å². The SMILES string of the molecule is COc1ccccc1/C=C(/NC(=O)c1ccccc1)C(=O)Nc1cccc(SCC(=O)Nc2cc(Cl)cc(Cl)c2)c1. The van der Waals surface area contributed by atoms with Gasteiger partial charge in [0.15, 0.2) is 0 Å². The zero-order chi connectivity index (χ0) is 29.2. The number of hydrogen-bond acceptors (Lipinski definition) is 5. The zero-order valence-corrected chi connectivity index (χ0v) is 24.1. The molecule has 0 fully saturated rings. The minimum absolute atomic E-state index is 0.0287. The summed E-state index contributed by atoms with van der Waals surface area (Å²) in [7, 11) is 1.53. The lowest BCUT2D eigenvalue weighted by Crippen LogP contribution is -2.30. The maximum Gasteiger partial charge on any atom is 0.272 e. The number of hydrogen-bond donors (Lipinski definition) is 3. The Kier molecular flexibility index (Phi) is 10.5. The van der Waals surface area contributed by atoms with Crippen LogP contribution in [0.4, 0.5) is 11.4 Å². The third kappa shape index (κ3) is 8.88. The summed E-state index contributed by atoms with van der Waals surface area (Å²) in [6, 6.07) is 27.6. The second-order valence-electron chi connectivity index (χ2n) is 8.60. The lowest BCUT2D eigenvalue weighted by Gasteiger charge is -2.13. The highest BCUT2D eigenvalue weighted by molar-refractivity contribution is 8.00. The molecule has 41 heavy (non-hydrogen) atoms. The minimum Gasteiger partial charge on any atom is -0.496 e. The number of halogens is 2. The number of nitrogens with one attached hydrogen (secondary N) is 3. The molecule has 0 aromatic heterocycles. The van der Waals surface area contributed by atoms with E-state index in [9.17, 15) is 14.4 Å². The topological polar surface area (TPSA) is 96.5 Å². The van der Waals surface area contributed by atoms with Crippen molar-refractivity contribution in [1.82, 2.24) is 5.32 Å². The van der Waals surface area contributed by atoms with Crippen LogP contribution in [0.15, 0.2) is 108 Å².